The Bertz CT molecular complexity index is 1200. The summed E-state index contributed by atoms with van der Waals surface area (Å²) in [7, 11) is -3.29. The molecule has 2 nitrogen and oxygen atoms in total. The summed E-state index contributed by atoms with van der Waals surface area (Å²) in [4.78, 5) is 0. The smallest absolute Gasteiger partial charge is 0.297 e. The number of hydrogen-bond acceptors (Lipinski definition) is 1. The van der Waals surface area contributed by atoms with Crippen molar-refractivity contribution >= 4 is 17.9 Å². The molecule has 0 fully saturated rings. The first-order valence-corrected chi connectivity index (χ1v) is 12.7. The zero-order valence-electron chi connectivity index (χ0n) is 18.6. The van der Waals surface area contributed by atoms with Gasteiger partial charge in [0, 0.05) is 22.6 Å². The van der Waals surface area contributed by atoms with Crippen LogP contribution in [0.2, 0.25) is 0 Å². The molecule has 0 saturated carbocycles. The van der Waals surface area contributed by atoms with Crippen molar-refractivity contribution < 1.29 is 17.7 Å². The Kier molecular flexibility index (Phi) is 7.06. The SMILES string of the molecule is CC(c1ccc(C(F)(F)F)cc1)C(NP(=O)(c1ccccc1)c1ccccc1)c1ccccc1. The fraction of sp³-hybridized carbons (Fsp3) is 0.143. The minimum Gasteiger partial charge on any atom is -0.297 e. The number of alkyl halides is 3. The van der Waals surface area contributed by atoms with E-state index in [4.69, 9.17) is 0 Å². The third-order valence-corrected chi connectivity index (χ3v) is 8.68. The predicted octanol–water partition coefficient (Wildman–Crippen LogP) is 7.07. The second kappa shape index (κ2) is 10.0. The van der Waals surface area contributed by atoms with Gasteiger partial charge in [-0.05, 0) is 47.5 Å². The summed E-state index contributed by atoms with van der Waals surface area (Å²) >= 11 is 0. The highest BCUT2D eigenvalue weighted by Gasteiger charge is 2.34. The largest absolute Gasteiger partial charge is 0.416 e. The van der Waals surface area contributed by atoms with Crippen molar-refractivity contribution in [2.75, 3.05) is 0 Å². The molecule has 34 heavy (non-hydrogen) atoms. The predicted molar refractivity (Wildman–Crippen MR) is 132 cm³/mol. The first-order chi connectivity index (χ1) is 16.3. The minimum atomic E-state index is -4.39. The second-order valence-electron chi connectivity index (χ2n) is 8.21. The average molecular weight is 479 g/mol. The molecule has 0 bridgehead atoms. The normalized spacial score (nSPS) is 13.9. The van der Waals surface area contributed by atoms with E-state index >= 15 is 0 Å². The van der Waals surface area contributed by atoms with Crippen LogP contribution >= 0.6 is 7.29 Å². The third-order valence-electron chi connectivity index (χ3n) is 5.98. The molecule has 0 amide bonds. The van der Waals surface area contributed by atoms with Gasteiger partial charge in [0.2, 0.25) is 7.29 Å². The molecule has 0 aliphatic rings. The highest BCUT2D eigenvalue weighted by Crippen LogP contribution is 2.45. The van der Waals surface area contributed by atoms with Gasteiger partial charge in [0.25, 0.3) is 0 Å². The molecule has 0 aromatic heterocycles. The van der Waals surface area contributed by atoms with Crippen LogP contribution in [-0.4, -0.2) is 0 Å². The van der Waals surface area contributed by atoms with Crippen LogP contribution < -0.4 is 15.7 Å². The standard InChI is InChI=1S/C28H25F3NOP/c1-21(22-17-19-24(20-18-22)28(29,30)31)27(23-11-5-2-6-12-23)32-34(33,25-13-7-3-8-14-25)26-15-9-4-10-16-26/h2-21,27H,1H3,(H,32,33). The number of halogens is 3. The van der Waals surface area contributed by atoms with Crippen LogP contribution in [0.25, 0.3) is 0 Å². The summed E-state index contributed by atoms with van der Waals surface area (Å²) in [6.45, 7) is 1.94. The van der Waals surface area contributed by atoms with Crippen molar-refractivity contribution in [2.45, 2.75) is 25.1 Å². The first kappa shape index (κ1) is 24.0. The number of benzene rings is 4. The van der Waals surface area contributed by atoms with E-state index in [2.05, 4.69) is 5.09 Å². The molecule has 0 aliphatic carbocycles. The van der Waals surface area contributed by atoms with Crippen molar-refractivity contribution in [3.63, 3.8) is 0 Å². The van der Waals surface area contributed by atoms with E-state index in [0.717, 1.165) is 23.3 Å². The van der Waals surface area contributed by atoms with Gasteiger partial charge in [0.1, 0.15) is 0 Å². The van der Waals surface area contributed by atoms with Crippen LogP contribution in [-0.2, 0) is 10.7 Å². The van der Waals surface area contributed by atoms with Crippen LogP contribution in [0.1, 0.15) is 35.6 Å². The molecule has 4 aromatic carbocycles. The molecule has 2 unspecified atom stereocenters. The van der Waals surface area contributed by atoms with Gasteiger partial charge >= 0.3 is 6.18 Å². The zero-order chi connectivity index (χ0) is 24.2. The van der Waals surface area contributed by atoms with Crippen molar-refractivity contribution in [1.82, 2.24) is 5.09 Å². The van der Waals surface area contributed by atoms with E-state index in [9.17, 15) is 17.7 Å². The molecule has 0 radical (unpaired) electrons. The summed E-state index contributed by atoms with van der Waals surface area (Å²) in [5, 5.41) is 4.79. The van der Waals surface area contributed by atoms with E-state index < -0.39 is 25.1 Å². The zero-order valence-corrected chi connectivity index (χ0v) is 19.5. The molecular formula is C28H25F3NOP. The van der Waals surface area contributed by atoms with Crippen molar-refractivity contribution in [2.24, 2.45) is 0 Å². The lowest BCUT2D eigenvalue weighted by Gasteiger charge is -2.31. The van der Waals surface area contributed by atoms with Gasteiger partial charge in [0.15, 0.2) is 0 Å². The molecule has 0 heterocycles. The quantitative estimate of drug-likeness (QED) is 0.287. The van der Waals surface area contributed by atoms with E-state index in [0.29, 0.717) is 10.6 Å². The lowest BCUT2D eigenvalue weighted by Crippen LogP contribution is -2.33. The van der Waals surface area contributed by atoms with Crippen LogP contribution in [0, 0.1) is 0 Å². The lowest BCUT2D eigenvalue weighted by atomic mass is 9.89. The highest BCUT2D eigenvalue weighted by molar-refractivity contribution is 7.76. The molecule has 6 heteroatoms. The van der Waals surface area contributed by atoms with Crippen LogP contribution in [0.5, 0.6) is 0 Å². The molecule has 4 aromatic rings. The topological polar surface area (TPSA) is 29.1 Å². The van der Waals surface area contributed by atoms with Gasteiger partial charge in [-0.15, -0.1) is 0 Å². The Morgan fingerprint density at radius 2 is 1.09 bits per heavy atom. The number of rotatable bonds is 7. The maximum absolute atomic E-state index is 14.7. The van der Waals surface area contributed by atoms with Crippen molar-refractivity contribution in [3.05, 3.63) is 132 Å². The molecule has 0 aliphatic heterocycles. The van der Waals surface area contributed by atoms with Gasteiger partial charge in [-0.25, -0.2) is 0 Å². The molecule has 1 N–H and O–H groups in total. The lowest BCUT2D eigenvalue weighted by molar-refractivity contribution is -0.137. The number of hydrogen-bond donors (Lipinski definition) is 1. The Hall–Kier alpha value is -3.14. The highest BCUT2D eigenvalue weighted by atomic mass is 31.2. The summed E-state index contributed by atoms with van der Waals surface area (Å²) in [6, 6.07) is 32.9. The molecular weight excluding hydrogens is 454 g/mol. The minimum absolute atomic E-state index is 0.259. The summed E-state index contributed by atoms with van der Waals surface area (Å²) in [5.74, 6) is -0.259. The van der Waals surface area contributed by atoms with Crippen LogP contribution in [0.15, 0.2) is 115 Å². The Morgan fingerprint density at radius 3 is 1.53 bits per heavy atom. The third kappa shape index (κ3) is 5.16. The fourth-order valence-electron chi connectivity index (χ4n) is 4.07. The Balaban J connectivity index is 1.79. The summed E-state index contributed by atoms with van der Waals surface area (Å²) in [6.07, 6.45) is -4.39. The van der Waals surface area contributed by atoms with Crippen LogP contribution in [0.4, 0.5) is 13.2 Å². The van der Waals surface area contributed by atoms with E-state index in [1.807, 2.05) is 97.9 Å². The van der Waals surface area contributed by atoms with Crippen molar-refractivity contribution in [3.8, 4) is 0 Å². The maximum Gasteiger partial charge on any atom is 0.416 e. The molecule has 2 atom stereocenters. The Labute approximate surface area is 197 Å². The fourth-order valence-corrected chi connectivity index (χ4v) is 6.62. The maximum atomic E-state index is 14.7. The number of nitrogens with one attached hydrogen (secondary N) is 1. The Morgan fingerprint density at radius 1 is 0.647 bits per heavy atom. The van der Waals surface area contributed by atoms with Gasteiger partial charge in [-0.1, -0.05) is 85.8 Å². The molecule has 0 spiro atoms. The van der Waals surface area contributed by atoms with E-state index in [1.54, 1.807) is 0 Å². The van der Waals surface area contributed by atoms with Gasteiger partial charge in [-0.2, -0.15) is 13.2 Å². The van der Waals surface area contributed by atoms with Gasteiger partial charge in [-0.3, -0.25) is 9.65 Å². The molecule has 4 rings (SSSR count). The second-order valence-corrected chi connectivity index (χ2v) is 10.7. The van der Waals surface area contributed by atoms with Crippen LogP contribution in [0.3, 0.4) is 0 Å². The molecule has 174 valence electrons. The van der Waals surface area contributed by atoms with Gasteiger partial charge < -0.3 is 0 Å². The monoisotopic (exact) mass is 479 g/mol. The molecule has 0 saturated heterocycles. The van der Waals surface area contributed by atoms with Crippen molar-refractivity contribution in [1.29, 1.82) is 0 Å². The van der Waals surface area contributed by atoms with E-state index in [-0.39, 0.29) is 5.92 Å². The average Bonchev–Trinajstić information content (AvgIpc) is 2.88. The summed E-state index contributed by atoms with van der Waals surface area (Å²) < 4.78 is 53.9. The van der Waals surface area contributed by atoms with Gasteiger partial charge in [0.05, 0.1) is 5.56 Å². The summed E-state index contributed by atoms with van der Waals surface area (Å²) in [5.41, 5.74) is 0.941. The first-order valence-electron chi connectivity index (χ1n) is 11.0. The van der Waals surface area contributed by atoms with E-state index in [1.165, 1.54) is 12.1 Å².